The topological polar surface area (TPSA) is 101 Å². The van der Waals surface area contributed by atoms with E-state index in [1.54, 1.807) is 13.0 Å². The highest BCUT2D eigenvalue weighted by Gasteiger charge is 2.76. The van der Waals surface area contributed by atoms with Crippen LogP contribution < -0.4 is 0 Å². The van der Waals surface area contributed by atoms with Gasteiger partial charge in [-0.3, -0.25) is 14.4 Å². The smallest absolute Gasteiger partial charge is 0.303 e. The van der Waals surface area contributed by atoms with Crippen molar-refractivity contribution in [3.05, 3.63) is 23.6 Å². The zero-order chi connectivity index (χ0) is 23.9. The van der Waals surface area contributed by atoms with Gasteiger partial charge < -0.3 is 14.9 Å². The van der Waals surface area contributed by atoms with E-state index in [-0.39, 0.29) is 18.3 Å². The van der Waals surface area contributed by atoms with Gasteiger partial charge in [0, 0.05) is 23.7 Å². The van der Waals surface area contributed by atoms with Crippen molar-refractivity contribution in [3.63, 3.8) is 0 Å². The Bertz CT molecular complexity index is 960. The molecule has 0 unspecified atom stereocenters. The molecule has 0 heterocycles. The largest absolute Gasteiger partial charge is 0.450 e. The van der Waals surface area contributed by atoms with Crippen molar-refractivity contribution < 1.29 is 33.7 Å². The maximum Gasteiger partial charge on any atom is 0.303 e. The molecule has 0 bridgehead atoms. The number of aliphatic hydroxyl groups is 2. The third kappa shape index (κ3) is 2.56. The summed E-state index contributed by atoms with van der Waals surface area (Å²) in [5, 5.41) is 21.3. The molecule has 0 aliphatic heterocycles. The molecule has 0 amide bonds. The molecular weight excluding hydrogens is 439 g/mol. The van der Waals surface area contributed by atoms with E-state index in [4.69, 9.17) is 16.3 Å². The third-order valence-corrected chi connectivity index (χ3v) is 10.1. The van der Waals surface area contributed by atoms with Gasteiger partial charge in [0.15, 0.2) is 11.4 Å². The van der Waals surface area contributed by atoms with Crippen LogP contribution in [0.5, 0.6) is 0 Å². The lowest BCUT2D eigenvalue weighted by Crippen LogP contribution is -2.69. The number of alkyl halides is 1. The monoisotopic (exact) mass is 468 g/mol. The van der Waals surface area contributed by atoms with Crippen molar-refractivity contribution in [2.24, 2.45) is 28.6 Å². The molecule has 0 aromatic heterocycles. The van der Waals surface area contributed by atoms with E-state index in [1.807, 2.05) is 13.8 Å². The normalized spacial score (nSPS) is 47.6. The van der Waals surface area contributed by atoms with E-state index in [9.17, 15) is 29.0 Å². The first-order valence-corrected chi connectivity index (χ1v) is 11.5. The minimum atomic E-state index is -1.59. The quantitative estimate of drug-likeness (QED) is 0.487. The van der Waals surface area contributed by atoms with E-state index >= 15 is 0 Å². The number of hydrogen-bond donors (Lipinski definition) is 2. The molecule has 4 rings (SSSR count). The minimum Gasteiger partial charge on any atom is -0.450 e. The van der Waals surface area contributed by atoms with Crippen LogP contribution in [-0.4, -0.2) is 50.9 Å². The zero-order valence-electron chi connectivity index (χ0n) is 18.8. The molecule has 0 radical (unpaired) electrons. The Kier molecular flexibility index (Phi) is 5.32. The molecule has 8 heteroatoms. The highest BCUT2D eigenvalue weighted by Crippen LogP contribution is 2.72. The van der Waals surface area contributed by atoms with E-state index in [0.717, 1.165) is 0 Å². The van der Waals surface area contributed by atoms with Gasteiger partial charge in [-0.2, -0.15) is 0 Å². The number of ketones is 2. The first-order chi connectivity index (χ1) is 14.8. The highest BCUT2D eigenvalue weighted by atomic mass is 35.5. The van der Waals surface area contributed by atoms with Gasteiger partial charge in [-0.05, 0) is 49.2 Å². The fourth-order valence-corrected chi connectivity index (χ4v) is 8.34. The molecule has 176 valence electrons. The molecule has 4 aliphatic carbocycles. The first-order valence-electron chi connectivity index (χ1n) is 11.1. The van der Waals surface area contributed by atoms with Gasteiger partial charge in [-0.1, -0.05) is 26.8 Å². The van der Waals surface area contributed by atoms with Crippen LogP contribution in [0.3, 0.4) is 0 Å². The number of rotatable bonds is 3. The van der Waals surface area contributed by atoms with Crippen LogP contribution >= 0.6 is 11.6 Å². The Morgan fingerprint density at radius 1 is 1.31 bits per heavy atom. The van der Waals surface area contributed by atoms with Gasteiger partial charge in [0.1, 0.15) is 6.61 Å². The van der Waals surface area contributed by atoms with E-state index in [0.29, 0.717) is 24.8 Å². The summed E-state index contributed by atoms with van der Waals surface area (Å²) in [4.78, 5) is 35.9. The Balaban J connectivity index is 1.88. The van der Waals surface area contributed by atoms with Crippen LogP contribution in [-0.2, 0) is 19.1 Å². The molecule has 6 nitrogen and oxygen atoms in total. The lowest BCUT2D eigenvalue weighted by molar-refractivity contribution is -0.201. The fourth-order valence-electron chi connectivity index (χ4n) is 7.82. The van der Waals surface area contributed by atoms with Gasteiger partial charge in [0.2, 0.25) is 11.6 Å². The number of esters is 1. The maximum atomic E-state index is 14.8. The number of hydrogen-bond acceptors (Lipinski definition) is 6. The van der Waals surface area contributed by atoms with Crippen LogP contribution in [0.1, 0.15) is 53.4 Å². The van der Waals surface area contributed by atoms with E-state index in [1.165, 1.54) is 13.0 Å². The van der Waals surface area contributed by atoms with Crippen molar-refractivity contribution in [2.75, 3.05) is 6.61 Å². The van der Waals surface area contributed by atoms with Crippen LogP contribution in [0, 0.1) is 28.6 Å². The summed E-state index contributed by atoms with van der Waals surface area (Å²) >= 11 is 7.29. The zero-order valence-corrected chi connectivity index (χ0v) is 19.5. The predicted molar refractivity (Wildman–Crippen MR) is 114 cm³/mol. The lowest BCUT2D eigenvalue weighted by Gasteiger charge is -2.64. The second-order valence-electron chi connectivity index (χ2n) is 10.4. The second-order valence-corrected chi connectivity index (χ2v) is 11.0. The highest BCUT2D eigenvalue weighted by molar-refractivity contribution is 6.26. The predicted octanol–water partition coefficient (Wildman–Crippen LogP) is 3.03. The van der Waals surface area contributed by atoms with Crippen LogP contribution in [0.15, 0.2) is 23.6 Å². The number of ether oxygens (including phenoxy) is 1. The molecule has 0 saturated heterocycles. The van der Waals surface area contributed by atoms with Crippen molar-refractivity contribution in [1.29, 1.82) is 0 Å². The SMILES string of the molecule is CC(=O)O[C@@]1(C(=O)CO)[C@@H](C)C[C@H]2[C@@H]3CCC4=C(F)C(=O)C=C[C@]4(C)[C@@]3(Cl)[C@@H](O)C[C@@]21C. The Morgan fingerprint density at radius 2 is 1.97 bits per heavy atom. The van der Waals surface area contributed by atoms with Crippen molar-refractivity contribution in [1.82, 2.24) is 0 Å². The summed E-state index contributed by atoms with van der Waals surface area (Å²) in [6, 6.07) is 0. The number of halogens is 2. The molecule has 0 aromatic rings. The standard InChI is InChI=1S/C24H30ClFO6/c1-12-9-16-14-5-6-15-20(26)17(29)7-8-21(15,3)23(14,25)18(30)10-22(16,4)24(12,19(31)11-27)32-13(2)28/h7-8,12,14,16,18,27,30H,5-6,9-11H2,1-4H3/t12-,14-,16-,18-,21-,22-,23-,24+/m0/s1. The van der Waals surface area contributed by atoms with Gasteiger partial charge in [-0.25, -0.2) is 4.39 Å². The Labute approximate surface area is 191 Å². The molecule has 3 fully saturated rings. The van der Waals surface area contributed by atoms with Crippen molar-refractivity contribution >= 4 is 29.1 Å². The second kappa shape index (κ2) is 7.21. The number of allylic oxidation sites excluding steroid dienone is 4. The molecule has 2 N–H and O–H groups in total. The summed E-state index contributed by atoms with van der Waals surface area (Å²) in [5.41, 5.74) is -3.32. The van der Waals surface area contributed by atoms with Crippen molar-refractivity contribution in [3.8, 4) is 0 Å². The minimum absolute atomic E-state index is 0.0350. The van der Waals surface area contributed by atoms with Crippen LogP contribution in [0.25, 0.3) is 0 Å². The molecule has 32 heavy (non-hydrogen) atoms. The number of Topliss-reactive ketones (excluding diaryl/α,β-unsaturated/α-hetero) is 1. The Morgan fingerprint density at radius 3 is 2.56 bits per heavy atom. The number of carbonyl (C=O) groups is 3. The average Bonchev–Trinajstić information content (AvgIpc) is 2.93. The van der Waals surface area contributed by atoms with Gasteiger partial charge in [-0.15, -0.1) is 11.6 Å². The fraction of sp³-hybridized carbons (Fsp3) is 0.708. The summed E-state index contributed by atoms with van der Waals surface area (Å²) in [7, 11) is 0. The first kappa shape index (κ1) is 23.6. The van der Waals surface area contributed by atoms with E-state index < -0.39 is 63.3 Å². The lowest BCUT2D eigenvalue weighted by atomic mass is 9.45. The van der Waals surface area contributed by atoms with Crippen LogP contribution in [0.2, 0.25) is 0 Å². The summed E-state index contributed by atoms with van der Waals surface area (Å²) in [6.45, 7) is 5.84. The molecule has 4 aliphatic rings. The molecule has 0 spiro atoms. The molecular formula is C24H30ClFO6. The molecule has 8 atom stereocenters. The van der Waals surface area contributed by atoms with E-state index in [2.05, 4.69) is 0 Å². The van der Waals surface area contributed by atoms with Crippen LogP contribution in [0.4, 0.5) is 4.39 Å². The van der Waals surface area contributed by atoms with Gasteiger partial charge in [0.25, 0.3) is 0 Å². The van der Waals surface area contributed by atoms with Crippen molar-refractivity contribution in [2.45, 2.75) is 70.0 Å². The maximum absolute atomic E-state index is 14.8. The molecule has 3 saturated carbocycles. The number of carbonyl (C=O) groups excluding carboxylic acids is 3. The Hall–Kier alpha value is -1.57. The number of aliphatic hydroxyl groups excluding tert-OH is 2. The van der Waals surface area contributed by atoms with Gasteiger partial charge in [0.05, 0.1) is 11.0 Å². The summed E-state index contributed by atoms with van der Waals surface area (Å²) in [6.07, 6.45) is 2.88. The summed E-state index contributed by atoms with van der Waals surface area (Å²) < 4.78 is 20.6. The van der Waals surface area contributed by atoms with Gasteiger partial charge >= 0.3 is 5.97 Å². The molecule has 0 aromatic carbocycles. The third-order valence-electron chi connectivity index (χ3n) is 9.14. The summed E-state index contributed by atoms with van der Waals surface area (Å²) in [5.74, 6) is -3.67. The number of fused-ring (bicyclic) bond motifs is 5. The average molecular weight is 469 g/mol.